The summed E-state index contributed by atoms with van der Waals surface area (Å²) in [7, 11) is -0.403. The van der Waals surface area contributed by atoms with Gasteiger partial charge in [0, 0.05) is 6.54 Å². The van der Waals surface area contributed by atoms with Gasteiger partial charge in [-0.3, -0.25) is 0 Å². The minimum Gasteiger partial charge on any atom is -0.400 e. The van der Waals surface area contributed by atoms with Gasteiger partial charge in [-0.1, -0.05) is 59.8 Å². The topological polar surface area (TPSA) is 44.5 Å². The molecular weight excluding hydrogens is 345 g/mol. The summed E-state index contributed by atoms with van der Waals surface area (Å²) in [6.07, 6.45) is 2.23. The van der Waals surface area contributed by atoms with E-state index < -0.39 is 7.12 Å². The van der Waals surface area contributed by atoms with Gasteiger partial charge < -0.3 is 15.0 Å². The number of rotatable bonds is 6. The van der Waals surface area contributed by atoms with Crippen LogP contribution in [0.15, 0.2) is 17.6 Å². The summed E-state index contributed by atoms with van der Waals surface area (Å²) in [6, 6.07) is 4.73. The molecule has 0 aromatic heterocycles. The first-order valence-corrected chi connectivity index (χ1v) is 10.7. The van der Waals surface area contributed by atoms with Gasteiger partial charge in [-0.25, -0.2) is 0 Å². The second kappa shape index (κ2) is 8.34. The van der Waals surface area contributed by atoms with Crippen molar-refractivity contribution >= 4 is 13.2 Å². The maximum Gasteiger partial charge on any atom is 0.491 e. The molecule has 0 unspecified atom stereocenters. The van der Waals surface area contributed by atoms with Gasteiger partial charge in [0.25, 0.3) is 0 Å². The summed E-state index contributed by atoms with van der Waals surface area (Å²) in [5, 5.41) is 0. The molecule has 0 saturated carbocycles. The van der Waals surface area contributed by atoms with Crippen LogP contribution in [0.1, 0.15) is 109 Å². The van der Waals surface area contributed by atoms with Crippen LogP contribution in [-0.4, -0.2) is 24.9 Å². The maximum atomic E-state index is 6.28. The van der Waals surface area contributed by atoms with Gasteiger partial charge in [0.1, 0.15) is 0 Å². The first-order valence-electron chi connectivity index (χ1n) is 10.7. The summed E-state index contributed by atoms with van der Waals surface area (Å²) in [4.78, 5) is 0. The van der Waals surface area contributed by atoms with Crippen molar-refractivity contribution in [2.24, 2.45) is 5.73 Å². The molecule has 1 fully saturated rings. The van der Waals surface area contributed by atoms with Crippen molar-refractivity contribution < 1.29 is 9.31 Å². The zero-order chi connectivity index (χ0) is 21.4. The minimum absolute atomic E-state index is 0.366. The molecule has 0 amide bonds. The molecule has 1 aromatic carbocycles. The number of hydrogen-bond donors (Lipinski definition) is 1. The first kappa shape index (κ1) is 23.2. The van der Waals surface area contributed by atoms with Gasteiger partial charge in [-0.05, 0) is 73.2 Å². The third-order valence-corrected chi connectivity index (χ3v) is 6.30. The lowest BCUT2D eigenvalue weighted by Crippen LogP contribution is -2.41. The Bertz CT molecular complexity index is 687. The second-order valence-electron chi connectivity index (χ2n) is 10.1. The maximum absolute atomic E-state index is 6.28. The van der Waals surface area contributed by atoms with Crippen LogP contribution in [0.2, 0.25) is 0 Å². The van der Waals surface area contributed by atoms with Crippen molar-refractivity contribution in [3.63, 3.8) is 0 Å². The SMILES string of the molecule is CC(C)c1cc(C(C)C)c(C=C(CN)B2OC(C)(C)C(C)(C)O2)c(C(C)C)c1. The average Bonchev–Trinajstić information content (AvgIpc) is 2.79. The van der Waals surface area contributed by atoms with Gasteiger partial charge in [-0.15, -0.1) is 0 Å². The van der Waals surface area contributed by atoms with Crippen LogP contribution in [0.5, 0.6) is 0 Å². The minimum atomic E-state index is -0.403. The van der Waals surface area contributed by atoms with Crippen LogP contribution >= 0.6 is 0 Å². The zero-order valence-electron chi connectivity index (χ0n) is 19.6. The van der Waals surface area contributed by atoms with E-state index in [1.807, 2.05) is 0 Å². The standard InChI is InChI=1S/C24H40BNO2/c1-15(2)18-11-20(16(3)4)22(21(12-18)17(5)6)13-19(14-26)25-27-23(7,8)24(9,10)28-25/h11-13,15-17H,14,26H2,1-10H3. The van der Waals surface area contributed by atoms with E-state index in [0.29, 0.717) is 24.3 Å². The normalized spacial score (nSPS) is 19.4. The fourth-order valence-corrected chi connectivity index (χ4v) is 3.58. The lowest BCUT2D eigenvalue weighted by atomic mass is 9.75. The molecule has 4 heteroatoms. The Hall–Kier alpha value is -1.10. The Morgan fingerprint density at radius 3 is 1.64 bits per heavy atom. The molecule has 2 N–H and O–H groups in total. The third-order valence-electron chi connectivity index (χ3n) is 6.30. The Morgan fingerprint density at radius 2 is 1.32 bits per heavy atom. The van der Waals surface area contributed by atoms with Crippen molar-refractivity contribution in [1.82, 2.24) is 0 Å². The quantitative estimate of drug-likeness (QED) is 0.608. The summed E-state index contributed by atoms with van der Waals surface area (Å²) in [5.41, 5.74) is 11.9. The highest BCUT2D eigenvalue weighted by molar-refractivity contribution is 6.56. The Morgan fingerprint density at radius 1 is 0.893 bits per heavy atom. The van der Waals surface area contributed by atoms with Gasteiger partial charge in [0.05, 0.1) is 11.2 Å². The van der Waals surface area contributed by atoms with E-state index in [9.17, 15) is 0 Å². The predicted molar refractivity (Wildman–Crippen MR) is 122 cm³/mol. The van der Waals surface area contributed by atoms with Crippen LogP contribution in [0.4, 0.5) is 0 Å². The molecule has 0 radical (unpaired) electrons. The Balaban J connectivity index is 2.61. The first-order chi connectivity index (χ1) is 12.8. The van der Waals surface area contributed by atoms with Crippen LogP contribution in [0.25, 0.3) is 6.08 Å². The molecule has 0 atom stereocenters. The van der Waals surface area contributed by atoms with Crippen molar-refractivity contribution in [3.8, 4) is 0 Å². The van der Waals surface area contributed by atoms with Crippen molar-refractivity contribution in [2.75, 3.05) is 6.54 Å². The molecule has 3 nitrogen and oxygen atoms in total. The van der Waals surface area contributed by atoms with Crippen LogP contribution in [0, 0.1) is 0 Å². The molecule has 156 valence electrons. The van der Waals surface area contributed by atoms with E-state index in [2.05, 4.69) is 87.4 Å². The molecule has 1 saturated heterocycles. The third kappa shape index (κ3) is 4.55. The van der Waals surface area contributed by atoms with Gasteiger partial charge in [0.15, 0.2) is 0 Å². The summed E-state index contributed by atoms with van der Waals surface area (Å²) < 4.78 is 12.6. The van der Waals surface area contributed by atoms with Crippen molar-refractivity contribution in [2.45, 2.75) is 98.2 Å². The molecule has 1 aliphatic rings. The molecule has 0 bridgehead atoms. The van der Waals surface area contributed by atoms with Gasteiger partial charge in [0.2, 0.25) is 0 Å². The van der Waals surface area contributed by atoms with Gasteiger partial charge >= 0.3 is 7.12 Å². The average molecular weight is 385 g/mol. The zero-order valence-corrected chi connectivity index (χ0v) is 19.6. The van der Waals surface area contributed by atoms with E-state index in [-0.39, 0.29) is 11.2 Å². The number of benzene rings is 1. The molecule has 2 rings (SSSR count). The van der Waals surface area contributed by atoms with Crippen molar-refractivity contribution in [3.05, 3.63) is 39.9 Å². The van der Waals surface area contributed by atoms with Crippen LogP contribution in [-0.2, 0) is 9.31 Å². The lowest BCUT2D eigenvalue weighted by molar-refractivity contribution is 0.00578. The highest BCUT2D eigenvalue weighted by Crippen LogP contribution is 2.40. The highest BCUT2D eigenvalue weighted by atomic mass is 16.7. The predicted octanol–water partition coefficient (Wildman–Crippen LogP) is 6.03. The molecule has 1 heterocycles. The van der Waals surface area contributed by atoms with E-state index in [1.165, 1.54) is 22.3 Å². The number of nitrogens with two attached hydrogens (primary N) is 1. The largest absolute Gasteiger partial charge is 0.491 e. The molecule has 1 aromatic rings. The smallest absolute Gasteiger partial charge is 0.400 e. The van der Waals surface area contributed by atoms with E-state index in [0.717, 1.165) is 5.47 Å². The Kier molecular flexibility index (Phi) is 6.90. The van der Waals surface area contributed by atoms with E-state index >= 15 is 0 Å². The summed E-state index contributed by atoms with van der Waals surface area (Å²) in [5.74, 6) is 1.37. The molecule has 28 heavy (non-hydrogen) atoms. The van der Waals surface area contributed by atoms with Crippen molar-refractivity contribution in [1.29, 1.82) is 0 Å². The molecule has 1 aliphatic heterocycles. The van der Waals surface area contributed by atoms with E-state index in [1.54, 1.807) is 0 Å². The van der Waals surface area contributed by atoms with E-state index in [4.69, 9.17) is 15.0 Å². The number of hydrogen-bond acceptors (Lipinski definition) is 3. The lowest BCUT2D eigenvalue weighted by Gasteiger charge is -2.32. The summed E-state index contributed by atoms with van der Waals surface area (Å²) in [6.45, 7) is 22.3. The highest BCUT2D eigenvalue weighted by Gasteiger charge is 2.52. The summed E-state index contributed by atoms with van der Waals surface area (Å²) >= 11 is 0. The molecule has 0 aliphatic carbocycles. The van der Waals surface area contributed by atoms with Gasteiger partial charge in [-0.2, -0.15) is 0 Å². The van der Waals surface area contributed by atoms with Crippen LogP contribution in [0.3, 0.4) is 0 Å². The van der Waals surface area contributed by atoms with Crippen LogP contribution < -0.4 is 5.73 Å². The molecular formula is C24H40BNO2. The molecule has 0 spiro atoms. The second-order valence-corrected chi connectivity index (χ2v) is 10.1. The fourth-order valence-electron chi connectivity index (χ4n) is 3.58. The fraction of sp³-hybridized carbons (Fsp3) is 0.667. The Labute approximate surface area is 173 Å². The monoisotopic (exact) mass is 385 g/mol.